The summed E-state index contributed by atoms with van der Waals surface area (Å²) in [5.41, 5.74) is 0.988. The number of carbonyl (C=O) groups is 1. The number of aryl methyl sites for hydroxylation is 1. The first-order chi connectivity index (χ1) is 9.74. The predicted molar refractivity (Wildman–Crippen MR) is 70.2 cm³/mol. The van der Waals surface area contributed by atoms with Gasteiger partial charge in [-0.15, -0.1) is 10.2 Å². The van der Waals surface area contributed by atoms with Crippen LogP contribution in [0.4, 0.5) is 0 Å². The number of aromatic nitrogens is 4. The van der Waals surface area contributed by atoms with Crippen molar-refractivity contribution in [1.29, 1.82) is 0 Å². The lowest BCUT2D eigenvalue weighted by molar-refractivity contribution is 0.0923. The van der Waals surface area contributed by atoms with Crippen molar-refractivity contribution < 1.29 is 9.53 Å². The van der Waals surface area contributed by atoms with E-state index in [-0.39, 0.29) is 17.8 Å². The fourth-order valence-corrected chi connectivity index (χ4v) is 2.27. The molecular formula is C13H15N5O2. The third-order valence-corrected chi connectivity index (χ3v) is 3.21. The van der Waals surface area contributed by atoms with Crippen LogP contribution < -0.4 is 10.1 Å². The molecule has 0 radical (unpaired) electrons. The zero-order valence-electron chi connectivity index (χ0n) is 11.1. The molecule has 2 aromatic rings. The number of fused-ring (bicyclic) bond motifs is 1. The van der Waals surface area contributed by atoms with Crippen molar-refractivity contribution in [2.45, 2.75) is 18.9 Å². The SMILES string of the molecule is Cn1nnc(C(=O)NC2CCCOc3ccccc32)n1. The molecule has 3 rings (SSSR count). The molecule has 0 spiro atoms. The molecule has 1 aromatic heterocycles. The van der Waals surface area contributed by atoms with Crippen LogP contribution in [0.25, 0.3) is 0 Å². The summed E-state index contributed by atoms with van der Waals surface area (Å²) in [5.74, 6) is 0.581. The Balaban J connectivity index is 1.82. The molecule has 7 nitrogen and oxygen atoms in total. The van der Waals surface area contributed by atoms with E-state index in [0.29, 0.717) is 6.61 Å². The van der Waals surface area contributed by atoms with Crippen LogP contribution in [0.15, 0.2) is 24.3 Å². The van der Waals surface area contributed by atoms with Gasteiger partial charge in [0.05, 0.1) is 19.7 Å². The summed E-state index contributed by atoms with van der Waals surface area (Å²) in [6, 6.07) is 7.65. The van der Waals surface area contributed by atoms with Gasteiger partial charge in [-0.05, 0) is 24.1 Å². The van der Waals surface area contributed by atoms with Crippen LogP contribution in [0.2, 0.25) is 0 Å². The molecule has 1 aromatic carbocycles. The van der Waals surface area contributed by atoms with E-state index < -0.39 is 0 Å². The minimum atomic E-state index is -0.320. The number of hydrogen-bond donors (Lipinski definition) is 1. The Kier molecular flexibility index (Phi) is 3.32. The highest BCUT2D eigenvalue weighted by Gasteiger charge is 2.23. The van der Waals surface area contributed by atoms with E-state index in [4.69, 9.17) is 4.74 Å². The summed E-state index contributed by atoms with van der Waals surface area (Å²) in [6.45, 7) is 0.660. The topological polar surface area (TPSA) is 81.9 Å². The lowest BCUT2D eigenvalue weighted by Crippen LogP contribution is -2.29. The van der Waals surface area contributed by atoms with Crippen molar-refractivity contribution in [3.8, 4) is 5.75 Å². The summed E-state index contributed by atoms with van der Waals surface area (Å²) in [4.78, 5) is 13.4. The average Bonchev–Trinajstić information content (AvgIpc) is 2.79. The highest BCUT2D eigenvalue weighted by atomic mass is 16.5. The van der Waals surface area contributed by atoms with Crippen molar-refractivity contribution in [1.82, 2.24) is 25.5 Å². The lowest BCUT2D eigenvalue weighted by Gasteiger charge is -2.17. The van der Waals surface area contributed by atoms with Gasteiger partial charge in [0, 0.05) is 5.56 Å². The molecule has 1 amide bonds. The number of ether oxygens (including phenoxy) is 1. The molecule has 2 heterocycles. The number of hydrogen-bond acceptors (Lipinski definition) is 5. The third kappa shape index (κ3) is 2.47. The van der Waals surface area contributed by atoms with E-state index in [1.807, 2.05) is 24.3 Å². The fourth-order valence-electron chi connectivity index (χ4n) is 2.27. The van der Waals surface area contributed by atoms with Crippen LogP contribution in [0.1, 0.15) is 35.1 Å². The van der Waals surface area contributed by atoms with Crippen molar-refractivity contribution >= 4 is 5.91 Å². The van der Waals surface area contributed by atoms with Crippen LogP contribution in [-0.2, 0) is 7.05 Å². The van der Waals surface area contributed by atoms with Crippen LogP contribution in [0, 0.1) is 0 Å². The number of amides is 1. The second-order valence-electron chi connectivity index (χ2n) is 4.66. The molecule has 104 valence electrons. The highest BCUT2D eigenvalue weighted by molar-refractivity contribution is 5.90. The number of nitrogens with zero attached hydrogens (tertiary/aromatic N) is 4. The van der Waals surface area contributed by atoms with E-state index in [1.54, 1.807) is 7.05 Å². The van der Waals surface area contributed by atoms with Gasteiger partial charge in [0.25, 0.3) is 11.7 Å². The van der Waals surface area contributed by atoms with E-state index in [2.05, 4.69) is 20.7 Å². The van der Waals surface area contributed by atoms with Gasteiger partial charge in [-0.25, -0.2) is 0 Å². The molecule has 1 N–H and O–H groups in total. The predicted octanol–water partition coefficient (Wildman–Crippen LogP) is 0.854. The zero-order valence-corrected chi connectivity index (χ0v) is 11.1. The van der Waals surface area contributed by atoms with Crippen LogP contribution >= 0.6 is 0 Å². The number of nitrogens with one attached hydrogen (secondary N) is 1. The van der Waals surface area contributed by atoms with Gasteiger partial charge in [-0.1, -0.05) is 18.2 Å². The van der Waals surface area contributed by atoms with Gasteiger partial charge < -0.3 is 10.1 Å². The van der Waals surface area contributed by atoms with Crippen LogP contribution in [0.3, 0.4) is 0 Å². The molecule has 1 unspecified atom stereocenters. The summed E-state index contributed by atoms with van der Waals surface area (Å²) < 4.78 is 5.67. The number of para-hydroxylation sites is 1. The fraction of sp³-hybridized carbons (Fsp3) is 0.385. The first-order valence-electron chi connectivity index (χ1n) is 6.50. The summed E-state index contributed by atoms with van der Waals surface area (Å²) in [7, 11) is 1.62. The first kappa shape index (κ1) is 12.6. The molecule has 1 aliphatic heterocycles. The molecule has 0 fully saturated rings. The molecule has 20 heavy (non-hydrogen) atoms. The minimum absolute atomic E-state index is 0.0788. The van der Waals surface area contributed by atoms with Gasteiger partial charge in [-0.3, -0.25) is 4.79 Å². The zero-order chi connectivity index (χ0) is 13.9. The minimum Gasteiger partial charge on any atom is -0.493 e. The molecule has 0 bridgehead atoms. The van der Waals surface area contributed by atoms with Crippen molar-refractivity contribution in [3.63, 3.8) is 0 Å². The summed E-state index contributed by atoms with van der Waals surface area (Å²) >= 11 is 0. The van der Waals surface area contributed by atoms with Crippen molar-refractivity contribution in [2.24, 2.45) is 7.05 Å². The van der Waals surface area contributed by atoms with E-state index in [9.17, 15) is 4.79 Å². The highest BCUT2D eigenvalue weighted by Crippen LogP contribution is 2.31. The Morgan fingerprint density at radius 2 is 2.30 bits per heavy atom. The normalized spacial score (nSPS) is 17.8. The van der Waals surface area contributed by atoms with E-state index in [0.717, 1.165) is 24.2 Å². The van der Waals surface area contributed by atoms with Gasteiger partial charge in [0.1, 0.15) is 5.75 Å². The van der Waals surface area contributed by atoms with Crippen molar-refractivity contribution in [3.05, 3.63) is 35.7 Å². The first-order valence-corrected chi connectivity index (χ1v) is 6.50. The molecule has 0 saturated carbocycles. The molecule has 0 aliphatic carbocycles. The Hall–Kier alpha value is -2.44. The second-order valence-corrected chi connectivity index (χ2v) is 4.66. The monoisotopic (exact) mass is 273 g/mol. The maximum Gasteiger partial charge on any atom is 0.293 e. The Bertz CT molecular complexity index is 625. The Morgan fingerprint density at radius 3 is 3.10 bits per heavy atom. The Labute approximate surface area is 115 Å². The molecular weight excluding hydrogens is 258 g/mol. The van der Waals surface area contributed by atoms with Gasteiger partial charge in [0.2, 0.25) is 0 Å². The molecule has 1 atom stereocenters. The number of carbonyl (C=O) groups excluding carboxylic acids is 1. The quantitative estimate of drug-likeness (QED) is 0.877. The standard InChI is InChI=1S/C13H15N5O2/c1-18-16-12(15-17-18)13(19)14-10-6-4-8-20-11-7-3-2-5-9(10)11/h2-3,5,7,10H,4,6,8H2,1H3,(H,14,19). The molecule has 7 heteroatoms. The second kappa shape index (κ2) is 5.28. The maximum absolute atomic E-state index is 12.1. The number of benzene rings is 1. The largest absolute Gasteiger partial charge is 0.493 e. The maximum atomic E-state index is 12.1. The van der Waals surface area contributed by atoms with Gasteiger partial charge in [0.15, 0.2) is 0 Å². The third-order valence-electron chi connectivity index (χ3n) is 3.21. The number of tetrazole rings is 1. The smallest absolute Gasteiger partial charge is 0.293 e. The molecule has 1 aliphatic rings. The van der Waals surface area contributed by atoms with Crippen LogP contribution in [-0.4, -0.2) is 32.7 Å². The Morgan fingerprint density at radius 1 is 1.45 bits per heavy atom. The summed E-state index contributed by atoms with van der Waals surface area (Å²) in [5, 5.41) is 14.2. The van der Waals surface area contributed by atoms with Gasteiger partial charge in [-0.2, -0.15) is 4.80 Å². The van der Waals surface area contributed by atoms with Gasteiger partial charge >= 0.3 is 0 Å². The lowest BCUT2D eigenvalue weighted by atomic mass is 10.0. The van der Waals surface area contributed by atoms with Crippen molar-refractivity contribution in [2.75, 3.05) is 6.61 Å². The average molecular weight is 273 g/mol. The number of rotatable bonds is 2. The van der Waals surface area contributed by atoms with E-state index >= 15 is 0 Å². The van der Waals surface area contributed by atoms with E-state index in [1.165, 1.54) is 4.80 Å². The van der Waals surface area contributed by atoms with Crippen LogP contribution in [0.5, 0.6) is 5.75 Å². The summed E-state index contributed by atoms with van der Waals surface area (Å²) in [6.07, 6.45) is 1.70. The molecule has 0 saturated heterocycles.